The molecule has 0 amide bonds. The van der Waals surface area contributed by atoms with Gasteiger partial charge in [0.15, 0.2) is 11.8 Å². The normalized spacial score (nSPS) is 22.7. The molecule has 75 heavy (non-hydrogen) atoms. The first-order valence-electron chi connectivity index (χ1n) is 28.9. The monoisotopic (exact) mass is 1030 g/mol. The van der Waals surface area contributed by atoms with Crippen molar-refractivity contribution in [3.05, 3.63) is 152 Å². The number of aryl methyl sites for hydroxylation is 1. The number of halogens is 3. The van der Waals surface area contributed by atoms with E-state index in [2.05, 4.69) is 100 Å². The van der Waals surface area contributed by atoms with Crippen LogP contribution in [-0.4, -0.2) is 49.5 Å². The van der Waals surface area contributed by atoms with E-state index in [1.807, 2.05) is 26.0 Å². The van der Waals surface area contributed by atoms with Crippen molar-refractivity contribution in [2.45, 2.75) is 200 Å². The molecule has 2 heterocycles. The summed E-state index contributed by atoms with van der Waals surface area (Å²) in [4.78, 5) is 7.75. The standard InChI is InChI=1S/C66H89F3N4O2/c1-12-44(66(41(6)7)72-62(14-3)75-11)22-19-18-21-42(8)58-30-27-47-33-46(26-31-59(47)70-58)52-28-29-53(63(52)51-38-56(68)64(57(69)39-51)45-23-16-15-17-24-45)54-36-48-34-50(35-49(48)37-55(54)67)60-25-20-32-73(60)43(9)65(40(4)5)71-61(13-2)74-10/h12-14,26,31,33,35-42,45,52-53,60,63,65-66,71-72H,9,15-25,27-30,32,34H2,1-8,10-11H3/b44-12-,61-13-,62-14+/t42-,52+,53+,60-,63?,65-,66-/m0/s1. The van der Waals surface area contributed by atoms with Crippen LogP contribution in [0.15, 0.2) is 101 Å². The minimum absolute atomic E-state index is 0.00313. The van der Waals surface area contributed by atoms with Crippen LogP contribution in [0.25, 0.3) is 6.08 Å². The van der Waals surface area contributed by atoms with Gasteiger partial charge >= 0.3 is 0 Å². The quantitative estimate of drug-likeness (QED) is 0.0597. The highest BCUT2D eigenvalue weighted by atomic mass is 19.1. The Hall–Kier alpha value is -5.18. The van der Waals surface area contributed by atoms with Crippen LogP contribution < -0.4 is 10.6 Å². The van der Waals surface area contributed by atoms with Crippen LogP contribution in [-0.2, 0) is 22.3 Å². The Morgan fingerprint density at radius 2 is 1.41 bits per heavy atom. The number of hydrogen-bond donors (Lipinski definition) is 2. The number of likely N-dealkylation sites (tertiary alicyclic amines) is 1. The van der Waals surface area contributed by atoms with Crippen molar-refractivity contribution in [1.82, 2.24) is 15.5 Å². The molecule has 7 atom stereocenters. The number of hydrogen-bond acceptors (Lipinski definition) is 6. The molecule has 8 rings (SSSR count). The molecule has 5 aliphatic rings. The lowest BCUT2D eigenvalue weighted by atomic mass is 9.75. The second kappa shape index (κ2) is 25.3. The molecule has 3 aromatic rings. The number of nitrogens with one attached hydrogen (secondary N) is 2. The topological polar surface area (TPSA) is 58.1 Å². The Labute approximate surface area is 449 Å². The maximum atomic E-state index is 17.0. The zero-order valence-corrected chi connectivity index (χ0v) is 47.2. The average Bonchev–Trinajstić information content (AvgIpc) is 4.18. The summed E-state index contributed by atoms with van der Waals surface area (Å²) in [5, 5.41) is 7.18. The highest BCUT2D eigenvalue weighted by Gasteiger charge is 2.42. The van der Waals surface area contributed by atoms with Crippen molar-refractivity contribution in [3.63, 3.8) is 0 Å². The summed E-state index contributed by atoms with van der Waals surface area (Å²) in [6.07, 6.45) is 23.6. The van der Waals surface area contributed by atoms with Gasteiger partial charge in [-0.05, 0) is 215 Å². The van der Waals surface area contributed by atoms with Crippen molar-refractivity contribution >= 4 is 17.5 Å². The summed E-state index contributed by atoms with van der Waals surface area (Å²) < 4.78 is 61.3. The molecule has 3 fully saturated rings. The van der Waals surface area contributed by atoms with Crippen LogP contribution in [0, 0.1) is 35.2 Å². The van der Waals surface area contributed by atoms with Gasteiger partial charge in [-0.25, -0.2) is 13.2 Å². The smallest absolute Gasteiger partial charge is 0.182 e. The highest BCUT2D eigenvalue weighted by Crippen LogP contribution is 2.56. The minimum atomic E-state index is -0.447. The maximum absolute atomic E-state index is 17.0. The summed E-state index contributed by atoms with van der Waals surface area (Å²) in [6.45, 7) is 22.9. The number of methoxy groups -OCH3 is 2. The fraction of sp³-hybridized carbons (Fsp3) is 0.561. The van der Waals surface area contributed by atoms with Gasteiger partial charge in [-0.2, -0.15) is 0 Å². The van der Waals surface area contributed by atoms with Crippen molar-refractivity contribution in [2.75, 3.05) is 20.8 Å². The van der Waals surface area contributed by atoms with E-state index in [1.54, 1.807) is 32.4 Å². The van der Waals surface area contributed by atoms with Gasteiger partial charge in [0.05, 0.1) is 38.0 Å². The molecule has 0 radical (unpaired) electrons. The minimum Gasteiger partial charge on any atom is -0.483 e. The van der Waals surface area contributed by atoms with E-state index >= 15 is 13.2 Å². The van der Waals surface area contributed by atoms with E-state index in [4.69, 9.17) is 14.5 Å². The number of benzene rings is 3. The van der Waals surface area contributed by atoms with Crippen molar-refractivity contribution in [2.24, 2.45) is 22.7 Å². The molecular weight excluding hydrogens is 938 g/mol. The predicted molar refractivity (Wildman–Crippen MR) is 305 cm³/mol. The first-order valence-corrected chi connectivity index (χ1v) is 28.9. The van der Waals surface area contributed by atoms with Crippen LogP contribution >= 0.6 is 0 Å². The van der Waals surface area contributed by atoms with Crippen molar-refractivity contribution < 1.29 is 22.6 Å². The lowest BCUT2D eigenvalue weighted by molar-refractivity contribution is 0.225. The molecule has 2 aliphatic heterocycles. The Bertz CT molecular complexity index is 2630. The zero-order valence-electron chi connectivity index (χ0n) is 47.2. The van der Waals surface area contributed by atoms with E-state index < -0.39 is 11.6 Å². The molecule has 0 bridgehead atoms. The van der Waals surface area contributed by atoms with Crippen LogP contribution in [0.5, 0.6) is 0 Å². The summed E-state index contributed by atoms with van der Waals surface area (Å²) >= 11 is 0. The maximum Gasteiger partial charge on any atom is 0.182 e. The first kappa shape index (κ1) is 56.0. The molecule has 3 aliphatic carbocycles. The van der Waals surface area contributed by atoms with Crippen molar-refractivity contribution in [1.29, 1.82) is 0 Å². The molecule has 1 unspecified atom stereocenters. The lowest BCUT2D eigenvalue weighted by Gasteiger charge is -2.36. The molecule has 2 saturated carbocycles. The van der Waals surface area contributed by atoms with Crippen LogP contribution in [0.2, 0.25) is 0 Å². The van der Waals surface area contributed by atoms with E-state index in [0.717, 1.165) is 149 Å². The molecule has 2 N–H and O–H groups in total. The number of allylic oxidation sites excluding steroid dienone is 3. The van der Waals surface area contributed by atoms with Crippen LogP contribution in [0.1, 0.15) is 208 Å². The fourth-order valence-electron chi connectivity index (χ4n) is 13.9. The average molecular weight is 1030 g/mol. The Balaban J connectivity index is 1.02. The number of nitrogens with zero attached hydrogens (tertiary/aromatic N) is 2. The van der Waals surface area contributed by atoms with E-state index in [9.17, 15) is 0 Å². The Kier molecular flexibility index (Phi) is 18.9. The summed E-state index contributed by atoms with van der Waals surface area (Å²) in [5.41, 5.74) is 12.0. The molecule has 6 nitrogen and oxygen atoms in total. The van der Waals surface area contributed by atoms with Gasteiger partial charge < -0.3 is 25.0 Å². The lowest BCUT2D eigenvalue weighted by Crippen LogP contribution is -2.43. The molecule has 3 aromatic carbocycles. The number of unbranched alkanes of at least 4 members (excludes halogenated alkanes) is 1. The second-order valence-electron chi connectivity index (χ2n) is 23.3. The third kappa shape index (κ3) is 12.5. The molecule has 406 valence electrons. The summed E-state index contributed by atoms with van der Waals surface area (Å²) in [6, 6.07) is 14.2. The van der Waals surface area contributed by atoms with Crippen LogP contribution in [0.4, 0.5) is 18.9 Å². The first-order chi connectivity index (χ1) is 36.2. The third-order valence-corrected chi connectivity index (χ3v) is 18.0. The second-order valence-corrected chi connectivity index (χ2v) is 23.3. The van der Waals surface area contributed by atoms with Gasteiger partial charge in [0.2, 0.25) is 0 Å². The third-order valence-electron chi connectivity index (χ3n) is 18.0. The van der Waals surface area contributed by atoms with Gasteiger partial charge in [0.25, 0.3) is 0 Å². The zero-order chi connectivity index (χ0) is 53.5. The van der Waals surface area contributed by atoms with Gasteiger partial charge in [-0.15, -0.1) is 0 Å². The number of ether oxygens (including phenoxy) is 2. The van der Waals surface area contributed by atoms with Gasteiger partial charge in [-0.3, -0.25) is 4.99 Å². The van der Waals surface area contributed by atoms with E-state index in [0.29, 0.717) is 23.0 Å². The fourth-order valence-corrected chi connectivity index (χ4v) is 13.9. The van der Waals surface area contributed by atoms with E-state index in [-0.39, 0.29) is 59.1 Å². The van der Waals surface area contributed by atoms with Crippen molar-refractivity contribution in [3.8, 4) is 0 Å². The largest absolute Gasteiger partial charge is 0.483 e. The SMILES string of the molecule is C=C([C@@H](N/C(=C/C)OC)C(C)C)N1CCC[C@H]1C1=Cc2cc(F)c([C@H]3CC[C@H](c4ccc5c(c4)CCC([C@@H](C)CCCC/C(=C/C)[C@@H](N/C(=C\C)OC)C(C)C)=N5)C3c3cc(F)c(C4CCCCC4)c(F)c3)cc2C1. The van der Waals surface area contributed by atoms with E-state index in [1.165, 1.54) is 22.4 Å². The molecule has 0 aromatic heterocycles. The van der Waals surface area contributed by atoms with Gasteiger partial charge in [0.1, 0.15) is 17.5 Å². The van der Waals surface area contributed by atoms with Crippen LogP contribution in [0.3, 0.4) is 0 Å². The Morgan fingerprint density at radius 3 is 2.07 bits per heavy atom. The number of aliphatic imine (C=N–C) groups is 1. The Morgan fingerprint density at radius 1 is 0.733 bits per heavy atom. The predicted octanol–water partition coefficient (Wildman–Crippen LogP) is 16.9. The molecule has 9 heteroatoms. The number of fused-ring (bicyclic) bond motifs is 2. The molecule has 0 spiro atoms. The highest BCUT2D eigenvalue weighted by molar-refractivity contribution is 5.91. The summed E-state index contributed by atoms with van der Waals surface area (Å²) in [7, 11) is 3.40. The molecular formula is C66H89F3N4O2. The van der Waals surface area contributed by atoms with Gasteiger partial charge in [-0.1, -0.05) is 103 Å². The number of rotatable bonds is 22. The summed E-state index contributed by atoms with van der Waals surface area (Å²) in [5.74, 6) is 0.806. The van der Waals surface area contributed by atoms with Gasteiger partial charge in [0, 0.05) is 23.5 Å². The molecule has 1 saturated heterocycles.